The zero-order valence-corrected chi connectivity index (χ0v) is 15.3. The second kappa shape index (κ2) is 6.83. The largest absolute Gasteiger partial charge is 0.392 e. The van der Waals surface area contributed by atoms with Crippen LogP contribution in [0.2, 0.25) is 0 Å². The number of halogens is 6. The lowest BCUT2D eigenvalue weighted by atomic mass is 9.62. The Balaban J connectivity index is 5.83. The molecule has 0 saturated carbocycles. The van der Waals surface area contributed by atoms with Crippen LogP contribution in [0, 0.1) is 34.5 Å². The first-order valence-corrected chi connectivity index (χ1v) is 7.96. The number of rotatable bonds is 5. The average molecular weight is 348 g/mol. The zero-order chi connectivity index (χ0) is 19.0. The number of alkyl halides is 6. The van der Waals surface area contributed by atoms with Gasteiger partial charge in [0.1, 0.15) is 0 Å². The standard InChI is InChI=1S/C17H30F6/c1-10(2)15(7,8)13(17(21,22)23)9-12(14(4,5)6)11(3)16(18,19)20/h10-13H,9H2,1-8H3. The van der Waals surface area contributed by atoms with Crippen LogP contribution in [0.3, 0.4) is 0 Å². The molecular weight excluding hydrogens is 318 g/mol. The summed E-state index contributed by atoms with van der Waals surface area (Å²) in [6.45, 7) is 12.1. The summed E-state index contributed by atoms with van der Waals surface area (Å²) in [5, 5.41) is 0. The van der Waals surface area contributed by atoms with Gasteiger partial charge in [0.2, 0.25) is 0 Å². The van der Waals surface area contributed by atoms with E-state index in [1.807, 2.05) is 0 Å². The van der Waals surface area contributed by atoms with Crippen molar-refractivity contribution in [1.82, 2.24) is 0 Å². The van der Waals surface area contributed by atoms with Gasteiger partial charge in [0, 0.05) is 0 Å². The monoisotopic (exact) mass is 348 g/mol. The molecule has 140 valence electrons. The van der Waals surface area contributed by atoms with Gasteiger partial charge in [0.15, 0.2) is 0 Å². The molecule has 0 nitrogen and oxygen atoms in total. The Bertz CT molecular complexity index is 370. The van der Waals surface area contributed by atoms with Gasteiger partial charge in [-0.05, 0) is 29.1 Å². The molecule has 0 bridgehead atoms. The summed E-state index contributed by atoms with van der Waals surface area (Å²) in [4.78, 5) is 0. The second-order valence-corrected chi connectivity index (χ2v) is 8.61. The molecule has 0 N–H and O–H groups in total. The van der Waals surface area contributed by atoms with Crippen molar-refractivity contribution in [3.63, 3.8) is 0 Å². The molecule has 0 rings (SSSR count). The van der Waals surface area contributed by atoms with E-state index in [1.54, 1.807) is 34.6 Å². The summed E-state index contributed by atoms with van der Waals surface area (Å²) in [6.07, 6.45) is -9.54. The van der Waals surface area contributed by atoms with E-state index in [0.717, 1.165) is 6.92 Å². The third-order valence-corrected chi connectivity index (χ3v) is 5.50. The summed E-state index contributed by atoms with van der Waals surface area (Å²) < 4.78 is 80.3. The fourth-order valence-corrected chi connectivity index (χ4v) is 3.05. The van der Waals surface area contributed by atoms with E-state index >= 15 is 0 Å². The molecular formula is C17H30F6. The van der Waals surface area contributed by atoms with Crippen LogP contribution in [0.1, 0.15) is 61.8 Å². The van der Waals surface area contributed by atoms with E-state index in [2.05, 4.69) is 0 Å². The van der Waals surface area contributed by atoms with Crippen molar-refractivity contribution in [1.29, 1.82) is 0 Å². The fraction of sp³-hybridized carbons (Fsp3) is 1.00. The molecule has 0 aromatic rings. The van der Waals surface area contributed by atoms with Crippen LogP contribution in [-0.2, 0) is 0 Å². The van der Waals surface area contributed by atoms with Crippen molar-refractivity contribution in [2.45, 2.75) is 74.2 Å². The summed E-state index contributed by atoms with van der Waals surface area (Å²) in [5.74, 6) is -4.96. The number of hydrogen-bond acceptors (Lipinski definition) is 0. The van der Waals surface area contributed by atoms with E-state index in [4.69, 9.17) is 0 Å². The van der Waals surface area contributed by atoms with Gasteiger partial charge >= 0.3 is 12.4 Å². The summed E-state index contributed by atoms with van der Waals surface area (Å²) in [7, 11) is 0. The van der Waals surface area contributed by atoms with Gasteiger partial charge in [-0.25, -0.2) is 0 Å². The fourth-order valence-electron chi connectivity index (χ4n) is 3.05. The molecule has 23 heavy (non-hydrogen) atoms. The Morgan fingerprint density at radius 3 is 1.30 bits per heavy atom. The lowest BCUT2D eigenvalue weighted by Crippen LogP contribution is -2.45. The van der Waals surface area contributed by atoms with Crippen LogP contribution < -0.4 is 0 Å². The van der Waals surface area contributed by atoms with Crippen LogP contribution in [-0.4, -0.2) is 12.4 Å². The number of hydrogen-bond donors (Lipinski definition) is 0. The molecule has 3 unspecified atom stereocenters. The van der Waals surface area contributed by atoms with E-state index in [0.29, 0.717) is 0 Å². The lowest BCUT2D eigenvalue weighted by molar-refractivity contribution is -0.233. The zero-order valence-electron chi connectivity index (χ0n) is 15.3. The van der Waals surface area contributed by atoms with Crippen molar-refractivity contribution in [3.8, 4) is 0 Å². The van der Waals surface area contributed by atoms with E-state index < -0.39 is 47.4 Å². The molecule has 0 aliphatic carbocycles. The van der Waals surface area contributed by atoms with E-state index in [9.17, 15) is 26.3 Å². The lowest BCUT2D eigenvalue weighted by Gasteiger charge is -2.45. The smallest absolute Gasteiger partial charge is 0.171 e. The maximum Gasteiger partial charge on any atom is 0.392 e. The Kier molecular flexibility index (Phi) is 6.71. The molecule has 0 aliphatic heterocycles. The minimum atomic E-state index is -4.53. The van der Waals surface area contributed by atoms with Crippen LogP contribution >= 0.6 is 0 Å². The maximum absolute atomic E-state index is 13.6. The van der Waals surface area contributed by atoms with E-state index in [-0.39, 0.29) is 5.92 Å². The van der Waals surface area contributed by atoms with Crippen LogP contribution in [0.25, 0.3) is 0 Å². The highest BCUT2D eigenvalue weighted by molar-refractivity contribution is 4.92. The molecule has 0 fully saturated rings. The van der Waals surface area contributed by atoms with Crippen molar-refractivity contribution in [2.24, 2.45) is 34.5 Å². The predicted octanol–water partition coefficient (Wildman–Crippen LogP) is 7.10. The van der Waals surface area contributed by atoms with Gasteiger partial charge in [0.25, 0.3) is 0 Å². The SMILES string of the molecule is CC(C(CC(C(F)(F)F)C(C)(C)C(C)C)C(C)(C)C)C(F)(F)F. The highest BCUT2D eigenvalue weighted by Crippen LogP contribution is 2.52. The second-order valence-electron chi connectivity index (χ2n) is 8.61. The van der Waals surface area contributed by atoms with Gasteiger partial charge in [-0.15, -0.1) is 0 Å². The van der Waals surface area contributed by atoms with Crippen molar-refractivity contribution in [2.75, 3.05) is 0 Å². The molecule has 3 atom stereocenters. The average Bonchev–Trinajstić information content (AvgIpc) is 2.23. The maximum atomic E-state index is 13.6. The van der Waals surface area contributed by atoms with Crippen molar-refractivity contribution in [3.05, 3.63) is 0 Å². The Morgan fingerprint density at radius 1 is 0.696 bits per heavy atom. The highest BCUT2D eigenvalue weighted by Gasteiger charge is 2.54. The molecule has 0 amide bonds. The molecule has 0 aliphatic rings. The first-order chi connectivity index (χ1) is 9.83. The van der Waals surface area contributed by atoms with Crippen molar-refractivity contribution < 1.29 is 26.3 Å². The molecule has 0 spiro atoms. The molecule has 0 aromatic heterocycles. The predicted molar refractivity (Wildman–Crippen MR) is 80.9 cm³/mol. The van der Waals surface area contributed by atoms with Gasteiger partial charge in [-0.2, -0.15) is 26.3 Å². The molecule has 0 saturated heterocycles. The van der Waals surface area contributed by atoms with E-state index in [1.165, 1.54) is 13.8 Å². The van der Waals surface area contributed by atoms with Crippen LogP contribution in [0.5, 0.6) is 0 Å². The summed E-state index contributed by atoms with van der Waals surface area (Å²) in [6, 6.07) is 0. The third-order valence-electron chi connectivity index (χ3n) is 5.50. The Morgan fingerprint density at radius 2 is 1.09 bits per heavy atom. The normalized spacial score (nSPS) is 18.9. The van der Waals surface area contributed by atoms with Crippen molar-refractivity contribution >= 4 is 0 Å². The molecule has 0 heterocycles. The van der Waals surface area contributed by atoms with Gasteiger partial charge in [0.05, 0.1) is 11.8 Å². The Labute approximate surface area is 136 Å². The van der Waals surface area contributed by atoms with Crippen LogP contribution in [0.4, 0.5) is 26.3 Å². The molecule has 0 aromatic carbocycles. The highest BCUT2D eigenvalue weighted by atomic mass is 19.4. The first kappa shape index (κ1) is 22.6. The van der Waals surface area contributed by atoms with Gasteiger partial charge in [-0.1, -0.05) is 55.4 Å². The van der Waals surface area contributed by atoms with Gasteiger partial charge in [-0.3, -0.25) is 0 Å². The first-order valence-electron chi connectivity index (χ1n) is 7.96. The molecule has 6 heteroatoms. The minimum Gasteiger partial charge on any atom is -0.171 e. The topological polar surface area (TPSA) is 0 Å². The van der Waals surface area contributed by atoms with Crippen LogP contribution in [0.15, 0.2) is 0 Å². The minimum absolute atomic E-state index is 0.295. The quantitative estimate of drug-likeness (QED) is 0.465. The third kappa shape index (κ3) is 5.86. The summed E-state index contributed by atoms with van der Waals surface area (Å²) in [5.41, 5.74) is -2.00. The molecule has 0 radical (unpaired) electrons. The van der Waals surface area contributed by atoms with Gasteiger partial charge < -0.3 is 0 Å². The Hall–Kier alpha value is -0.420. The summed E-state index contributed by atoms with van der Waals surface area (Å²) >= 11 is 0.